The lowest BCUT2D eigenvalue weighted by Crippen LogP contribution is -2.31. The molecule has 0 aromatic heterocycles. The molecule has 98 valence electrons. The minimum absolute atomic E-state index is 0.0847. The summed E-state index contributed by atoms with van der Waals surface area (Å²) in [5.74, 6) is -0.0113. The number of hydrogen-bond acceptors (Lipinski definition) is 5. The summed E-state index contributed by atoms with van der Waals surface area (Å²) in [5.41, 5.74) is 6.12. The van der Waals surface area contributed by atoms with E-state index >= 15 is 0 Å². The lowest BCUT2D eigenvalue weighted by molar-refractivity contribution is -0.385. The van der Waals surface area contributed by atoms with Crippen molar-refractivity contribution >= 4 is 11.5 Å². The molecular formula is C11H16N4O3. The van der Waals surface area contributed by atoms with Crippen LogP contribution in [0.25, 0.3) is 0 Å². The monoisotopic (exact) mass is 252 g/mol. The highest BCUT2D eigenvalue weighted by molar-refractivity contribution is 5.82. The third-order valence-electron chi connectivity index (χ3n) is 2.57. The van der Waals surface area contributed by atoms with Gasteiger partial charge in [0, 0.05) is 30.6 Å². The van der Waals surface area contributed by atoms with Gasteiger partial charge in [-0.05, 0) is 0 Å². The molecule has 0 radical (unpaired) electrons. The predicted octanol–water partition coefficient (Wildman–Crippen LogP) is 1.07. The van der Waals surface area contributed by atoms with Crippen LogP contribution in [0.1, 0.15) is 12.5 Å². The van der Waals surface area contributed by atoms with Crippen molar-refractivity contribution in [1.29, 1.82) is 0 Å². The molecule has 1 aromatic rings. The van der Waals surface area contributed by atoms with Crippen LogP contribution in [0.3, 0.4) is 0 Å². The van der Waals surface area contributed by atoms with Crippen LogP contribution in [0, 0.1) is 16.0 Å². The first kappa shape index (κ1) is 13.9. The highest BCUT2D eigenvalue weighted by Gasteiger charge is 2.12. The zero-order valence-corrected chi connectivity index (χ0v) is 10.0. The van der Waals surface area contributed by atoms with Crippen molar-refractivity contribution in [1.82, 2.24) is 5.32 Å². The number of nitro groups is 1. The van der Waals surface area contributed by atoms with E-state index in [1.807, 2.05) is 0 Å². The van der Waals surface area contributed by atoms with E-state index in [1.165, 1.54) is 6.07 Å². The van der Waals surface area contributed by atoms with Crippen LogP contribution in [0.15, 0.2) is 29.4 Å². The van der Waals surface area contributed by atoms with Gasteiger partial charge in [-0.1, -0.05) is 30.3 Å². The predicted molar refractivity (Wildman–Crippen MR) is 67.4 cm³/mol. The first-order chi connectivity index (χ1) is 8.56. The molecule has 1 aromatic carbocycles. The van der Waals surface area contributed by atoms with Gasteiger partial charge in [0.05, 0.1) is 4.92 Å². The topological polar surface area (TPSA) is 114 Å². The maximum atomic E-state index is 10.8. The summed E-state index contributed by atoms with van der Waals surface area (Å²) in [7, 11) is 0. The van der Waals surface area contributed by atoms with Crippen molar-refractivity contribution in [2.24, 2.45) is 16.8 Å². The van der Waals surface area contributed by atoms with Gasteiger partial charge in [-0.15, -0.1) is 0 Å². The average molecular weight is 252 g/mol. The third-order valence-corrected chi connectivity index (χ3v) is 2.57. The van der Waals surface area contributed by atoms with Crippen LogP contribution in [0.2, 0.25) is 0 Å². The third kappa shape index (κ3) is 3.70. The number of nitro benzene ring substituents is 1. The maximum Gasteiger partial charge on any atom is 0.273 e. The number of nitrogens with one attached hydrogen (secondary N) is 1. The van der Waals surface area contributed by atoms with Crippen molar-refractivity contribution in [3.8, 4) is 0 Å². The normalized spacial score (nSPS) is 13.3. The number of hydrogen-bond donors (Lipinski definition) is 3. The number of rotatable bonds is 6. The molecule has 1 unspecified atom stereocenters. The highest BCUT2D eigenvalue weighted by atomic mass is 16.6. The molecule has 0 aliphatic rings. The SMILES string of the molecule is CC(CNCc1ccccc1[N+](=O)[O-])C(N)=NO. The second kappa shape index (κ2) is 6.55. The summed E-state index contributed by atoms with van der Waals surface area (Å²) < 4.78 is 0. The number of amidine groups is 1. The Morgan fingerprint density at radius 3 is 2.89 bits per heavy atom. The van der Waals surface area contributed by atoms with Crippen molar-refractivity contribution in [3.63, 3.8) is 0 Å². The Labute approximate surface area is 104 Å². The van der Waals surface area contributed by atoms with Gasteiger partial charge in [0.2, 0.25) is 0 Å². The zero-order valence-electron chi connectivity index (χ0n) is 10.0. The number of nitrogens with zero attached hydrogens (tertiary/aromatic N) is 2. The van der Waals surface area contributed by atoms with Crippen LogP contribution < -0.4 is 11.1 Å². The molecule has 0 saturated carbocycles. The van der Waals surface area contributed by atoms with E-state index in [1.54, 1.807) is 25.1 Å². The minimum Gasteiger partial charge on any atom is -0.409 e. The number of para-hydroxylation sites is 1. The van der Waals surface area contributed by atoms with Gasteiger partial charge in [0.1, 0.15) is 5.84 Å². The summed E-state index contributed by atoms with van der Waals surface area (Å²) in [4.78, 5) is 10.4. The second-order valence-electron chi connectivity index (χ2n) is 3.94. The van der Waals surface area contributed by atoms with Crippen molar-refractivity contribution in [2.75, 3.05) is 6.54 Å². The molecule has 0 aliphatic heterocycles. The second-order valence-corrected chi connectivity index (χ2v) is 3.94. The van der Waals surface area contributed by atoms with Gasteiger partial charge in [-0.25, -0.2) is 0 Å². The number of benzene rings is 1. The van der Waals surface area contributed by atoms with Crippen LogP contribution in [-0.4, -0.2) is 22.5 Å². The highest BCUT2D eigenvalue weighted by Crippen LogP contribution is 2.17. The summed E-state index contributed by atoms with van der Waals surface area (Å²) in [5, 5.41) is 25.2. The summed E-state index contributed by atoms with van der Waals surface area (Å²) in [6.45, 7) is 2.63. The Kier molecular flexibility index (Phi) is 5.06. The Morgan fingerprint density at radius 1 is 1.61 bits per heavy atom. The van der Waals surface area contributed by atoms with Gasteiger partial charge in [0.25, 0.3) is 5.69 Å². The first-order valence-electron chi connectivity index (χ1n) is 5.46. The fourth-order valence-corrected chi connectivity index (χ4v) is 1.46. The van der Waals surface area contributed by atoms with Gasteiger partial charge < -0.3 is 16.3 Å². The Balaban J connectivity index is 2.57. The molecule has 0 spiro atoms. The average Bonchev–Trinajstić information content (AvgIpc) is 2.38. The van der Waals surface area contributed by atoms with E-state index in [0.29, 0.717) is 18.7 Å². The molecule has 1 rings (SSSR count). The standard InChI is InChI=1S/C11H16N4O3/c1-8(11(12)14-16)6-13-7-9-4-2-3-5-10(9)15(17)18/h2-5,8,13,16H,6-7H2,1H3,(H2,12,14). The largest absolute Gasteiger partial charge is 0.409 e. The molecule has 0 amide bonds. The molecule has 7 heteroatoms. The van der Waals surface area contributed by atoms with Crippen LogP contribution in [0.5, 0.6) is 0 Å². The maximum absolute atomic E-state index is 10.8. The Morgan fingerprint density at radius 2 is 2.28 bits per heavy atom. The van der Waals surface area contributed by atoms with E-state index in [0.717, 1.165) is 0 Å². The fraction of sp³-hybridized carbons (Fsp3) is 0.364. The zero-order chi connectivity index (χ0) is 13.5. The first-order valence-corrected chi connectivity index (χ1v) is 5.46. The quantitative estimate of drug-likeness (QED) is 0.230. The molecular weight excluding hydrogens is 236 g/mol. The number of oxime groups is 1. The van der Waals surface area contributed by atoms with Crippen LogP contribution >= 0.6 is 0 Å². The summed E-state index contributed by atoms with van der Waals surface area (Å²) >= 11 is 0. The molecule has 4 N–H and O–H groups in total. The molecule has 0 fully saturated rings. The molecule has 0 aliphatic carbocycles. The fourth-order valence-electron chi connectivity index (χ4n) is 1.46. The lowest BCUT2D eigenvalue weighted by Gasteiger charge is -2.10. The van der Waals surface area contributed by atoms with Gasteiger partial charge in [-0.2, -0.15) is 0 Å². The minimum atomic E-state index is -0.413. The van der Waals surface area contributed by atoms with Gasteiger partial charge in [-0.3, -0.25) is 10.1 Å². The van der Waals surface area contributed by atoms with Crippen molar-refractivity contribution < 1.29 is 10.1 Å². The smallest absolute Gasteiger partial charge is 0.273 e. The van der Waals surface area contributed by atoms with Crippen molar-refractivity contribution in [2.45, 2.75) is 13.5 Å². The van der Waals surface area contributed by atoms with Crippen LogP contribution in [0.4, 0.5) is 5.69 Å². The summed E-state index contributed by atoms with van der Waals surface area (Å²) in [6, 6.07) is 6.53. The number of nitrogens with two attached hydrogens (primary N) is 1. The van der Waals surface area contributed by atoms with Gasteiger partial charge >= 0.3 is 0 Å². The molecule has 1 atom stereocenters. The van der Waals surface area contributed by atoms with E-state index < -0.39 is 4.92 Å². The van der Waals surface area contributed by atoms with Crippen molar-refractivity contribution in [3.05, 3.63) is 39.9 Å². The van der Waals surface area contributed by atoms with Gasteiger partial charge in [0.15, 0.2) is 0 Å². The Bertz CT molecular complexity index is 448. The molecule has 0 saturated heterocycles. The molecule has 0 bridgehead atoms. The molecule has 18 heavy (non-hydrogen) atoms. The Hall–Kier alpha value is -2.15. The van der Waals surface area contributed by atoms with E-state index in [9.17, 15) is 10.1 Å². The summed E-state index contributed by atoms with van der Waals surface area (Å²) in [6.07, 6.45) is 0. The lowest BCUT2D eigenvalue weighted by atomic mass is 10.1. The van der Waals surface area contributed by atoms with E-state index in [-0.39, 0.29) is 17.4 Å². The molecule has 0 heterocycles. The van der Waals surface area contributed by atoms with E-state index in [2.05, 4.69) is 10.5 Å². The van der Waals surface area contributed by atoms with E-state index in [4.69, 9.17) is 10.9 Å². The van der Waals surface area contributed by atoms with Crippen LogP contribution in [-0.2, 0) is 6.54 Å². The molecule has 7 nitrogen and oxygen atoms in total.